The quantitative estimate of drug-likeness (QED) is 0.651. The van der Waals surface area contributed by atoms with Gasteiger partial charge in [-0.2, -0.15) is 0 Å². The average Bonchev–Trinajstić information content (AvgIpc) is 2.72. The predicted octanol–water partition coefficient (Wildman–Crippen LogP) is 4.65. The molecule has 2 aromatic carbocycles. The molecule has 0 bridgehead atoms. The fourth-order valence-corrected chi connectivity index (χ4v) is 3.59. The summed E-state index contributed by atoms with van der Waals surface area (Å²) in [6.07, 6.45) is 5.69. The monoisotopic (exact) mass is 344 g/mol. The molecule has 0 saturated carbocycles. The van der Waals surface area contributed by atoms with Crippen LogP contribution in [0, 0.1) is 0 Å². The van der Waals surface area contributed by atoms with E-state index in [0.29, 0.717) is 0 Å². The Morgan fingerprint density at radius 1 is 0.923 bits per heavy atom. The highest BCUT2D eigenvalue weighted by Gasteiger charge is 2.19. The summed E-state index contributed by atoms with van der Waals surface area (Å²) < 4.78 is 6.27. The lowest BCUT2D eigenvalue weighted by Gasteiger charge is -2.30. The number of fused-ring (bicyclic) bond motifs is 1. The second-order valence-corrected chi connectivity index (χ2v) is 6.79. The van der Waals surface area contributed by atoms with E-state index < -0.39 is 0 Å². The van der Waals surface area contributed by atoms with Crippen LogP contribution in [0.2, 0.25) is 0 Å². The molecule has 26 heavy (non-hydrogen) atoms. The van der Waals surface area contributed by atoms with Crippen molar-refractivity contribution in [3.63, 3.8) is 0 Å². The van der Waals surface area contributed by atoms with Crippen molar-refractivity contribution >= 4 is 0 Å². The molecular formula is C23H24N2O. The van der Waals surface area contributed by atoms with E-state index in [0.717, 1.165) is 38.2 Å². The van der Waals surface area contributed by atoms with Gasteiger partial charge in [0.25, 0.3) is 0 Å². The molecule has 0 radical (unpaired) electrons. The van der Waals surface area contributed by atoms with Crippen molar-refractivity contribution in [1.29, 1.82) is 0 Å². The van der Waals surface area contributed by atoms with Crippen LogP contribution < -0.4 is 4.74 Å². The van der Waals surface area contributed by atoms with E-state index in [9.17, 15) is 0 Å². The molecule has 1 aliphatic heterocycles. The molecular weight excluding hydrogens is 320 g/mol. The van der Waals surface area contributed by atoms with Gasteiger partial charge in [0.2, 0.25) is 0 Å². The van der Waals surface area contributed by atoms with E-state index in [1.807, 2.05) is 18.2 Å². The van der Waals surface area contributed by atoms with Gasteiger partial charge in [-0.15, -0.1) is 0 Å². The lowest BCUT2D eigenvalue weighted by molar-refractivity contribution is 0.157. The maximum atomic E-state index is 6.27. The minimum atomic E-state index is 0.0394. The van der Waals surface area contributed by atoms with Crippen LogP contribution in [0.5, 0.6) is 5.75 Å². The number of pyridine rings is 1. The fraction of sp³-hybridized carbons (Fsp3) is 0.261. The molecule has 0 N–H and O–H groups in total. The first-order valence-electron chi connectivity index (χ1n) is 9.29. The Kier molecular flexibility index (Phi) is 5.27. The topological polar surface area (TPSA) is 25.4 Å². The molecule has 2 heterocycles. The summed E-state index contributed by atoms with van der Waals surface area (Å²) >= 11 is 0. The van der Waals surface area contributed by atoms with E-state index >= 15 is 0 Å². The number of hydrogen-bond acceptors (Lipinski definition) is 3. The van der Waals surface area contributed by atoms with Crippen LogP contribution in [-0.2, 0) is 13.0 Å². The molecule has 0 spiro atoms. The number of rotatable bonds is 6. The standard InChI is InChI=1S/C23H24N2O/c1-2-8-20(9-3-1)23(26-22-11-6-14-24-17-22)13-16-25-15-12-19-7-4-5-10-21(19)18-25/h1-11,14,17,23H,12-13,15-16,18H2. The van der Waals surface area contributed by atoms with E-state index in [-0.39, 0.29) is 6.10 Å². The summed E-state index contributed by atoms with van der Waals surface area (Å²) in [6, 6.07) is 23.2. The predicted molar refractivity (Wildman–Crippen MR) is 104 cm³/mol. The SMILES string of the molecule is c1ccc(C(CCN2CCc3ccccc3C2)Oc2cccnc2)cc1. The smallest absolute Gasteiger partial charge is 0.138 e. The van der Waals surface area contributed by atoms with Crippen LogP contribution >= 0.6 is 0 Å². The van der Waals surface area contributed by atoms with Gasteiger partial charge >= 0.3 is 0 Å². The lowest BCUT2D eigenvalue weighted by atomic mass is 9.99. The summed E-state index contributed by atoms with van der Waals surface area (Å²) in [7, 11) is 0. The third kappa shape index (κ3) is 4.12. The highest BCUT2D eigenvalue weighted by atomic mass is 16.5. The molecule has 1 aromatic heterocycles. The zero-order valence-electron chi connectivity index (χ0n) is 14.9. The number of aromatic nitrogens is 1. The van der Waals surface area contributed by atoms with Gasteiger partial charge in [-0.3, -0.25) is 9.88 Å². The zero-order chi connectivity index (χ0) is 17.6. The van der Waals surface area contributed by atoms with E-state index in [1.165, 1.54) is 16.7 Å². The Balaban J connectivity index is 1.44. The summed E-state index contributed by atoms with van der Waals surface area (Å²) in [4.78, 5) is 6.70. The maximum Gasteiger partial charge on any atom is 0.138 e. The van der Waals surface area contributed by atoms with Crippen molar-refractivity contribution in [3.8, 4) is 5.75 Å². The van der Waals surface area contributed by atoms with Gasteiger partial charge in [0, 0.05) is 32.3 Å². The normalized spacial score (nSPS) is 15.2. The minimum Gasteiger partial charge on any atom is -0.484 e. The fourth-order valence-electron chi connectivity index (χ4n) is 3.59. The van der Waals surface area contributed by atoms with E-state index in [1.54, 1.807) is 12.4 Å². The zero-order valence-corrected chi connectivity index (χ0v) is 14.9. The van der Waals surface area contributed by atoms with Crippen molar-refractivity contribution in [3.05, 3.63) is 95.8 Å². The largest absolute Gasteiger partial charge is 0.484 e. The molecule has 0 aliphatic carbocycles. The molecule has 1 atom stereocenters. The van der Waals surface area contributed by atoms with Crippen LogP contribution in [0.15, 0.2) is 79.1 Å². The lowest BCUT2D eigenvalue weighted by Crippen LogP contribution is -2.32. The van der Waals surface area contributed by atoms with Gasteiger partial charge in [0.15, 0.2) is 0 Å². The van der Waals surface area contributed by atoms with Crippen LogP contribution in [-0.4, -0.2) is 23.0 Å². The van der Waals surface area contributed by atoms with Crippen LogP contribution in [0.1, 0.15) is 29.2 Å². The number of ether oxygens (including phenoxy) is 1. The van der Waals surface area contributed by atoms with Gasteiger partial charge in [0.05, 0.1) is 6.20 Å². The van der Waals surface area contributed by atoms with Crippen LogP contribution in [0.3, 0.4) is 0 Å². The molecule has 1 aliphatic rings. The molecule has 0 amide bonds. The third-order valence-electron chi connectivity index (χ3n) is 5.00. The highest BCUT2D eigenvalue weighted by molar-refractivity contribution is 5.29. The van der Waals surface area contributed by atoms with Crippen molar-refractivity contribution in [2.75, 3.05) is 13.1 Å². The second kappa shape index (κ2) is 8.15. The average molecular weight is 344 g/mol. The van der Waals surface area contributed by atoms with Crippen LogP contribution in [0.25, 0.3) is 0 Å². The molecule has 3 nitrogen and oxygen atoms in total. The summed E-state index contributed by atoms with van der Waals surface area (Å²) in [5.41, 5.74) is 4.17. The molecule has 0 fully saturated rings. The number of hydrogen-bond donors (Lipinski definition) is 0. The number of nitrogens with zero attached hydrogens (tertiary/aromatic N) is 2. The molecule has 3 aromatic rings. The van der Waals surface area contributed by atoms with Gasteiger partial charge in [-0.25, -0.2) is 0 Å². The van der Waals surface area contributed by atoms with Crippen molar-refractivity contribution in [2.45, 2.75) is 25.5 Å². The van der Waals surface area contributed by atoms with Crippen LogP contribution in [0.4, 0.5) is 0 Å². The Bertz CT molecular complexity index is 820. The van der Waals surface area contributed by atoms with Gasteiger partial charge in [-0.1, -0.05) is 54.6 Å². The number of benzene rings is 2. The first-order chi connectivity index (χ1) is 12.9. The molecule has 132 valence electrons. The summed E-state index contributed by atoms with van der Waals surface area (Å²) in [5.74, 6) is 0.824. The van der Waals surface area contributed by atoms with Crippen molar-refractivity contribution < 1.29 is 4.74 Å². The van der Waals surface area contributed by atoms with Gasteiger partial charge < -0.3 is 4.74 Å². The maximum absolute atomic E-state index is 6.27. The molecule has 0 saturated heterocycles. The first kappa shape index (κ1) is 16.8. The van der Waals surface area contributed by atoms with E-state index in [4.69, 9.17) is 4.74 Å². The first-order valence-corrected chi connectivity index (χ1v) is 9.29. The Morgan fingerprint density at radius 2 is 1.73 bits per heavy atom. The second-order valence-electron chi connectivity index (χ2n) is 6.79. The molecule has 3 heteroatoms. The Hall–Kier alpha value is -2.65. The molecule has 1 unspecified atom stereocenters. The Labute approximate surface area is 155 Å². The molecule has 4 rings (SSSR count). The highest BCUT2D eigenvalue weighted by Crippen LogP contribution is 2.26. The summed E-state index contributed by atoms with van der Waals surface area (Å²) in [6.45, 7) is 3.17. The summed E-state index contributed by atoms with van der Waals surface area (Å²) in [5, 5.41) is 0. The van der Waals surface area contributed by atoms with Crippen molar-refractivity contribution in [2.24, 2.45) is 0 Å². The van der Waals surface area contributed by atoms with Gasteiger partial charge in [0.1, 0.15) is 11.9 Å². The third-order valence-corrected chi connectivity index (χ3v) is 5.00. The Morgan fingerprint density at radius 3 is 2.54 bits per heavy atom. The van der Waals surface area contributed by atoms with E-state index in [2.05, 4.69) is 58.4 Å². The van der Waals surface area contributed by atoms with Crippen molar-refractivity contribution in [1.82, 2.24) is 9.88 Å². The minimum absolute atomic E-state index is 0.0394. The van der Waals surface area contributed by atoms with Gasteiger partial charge in [-0.05, 0) is 35.2 Å².